The number of nitro benzene ring substituents is 1. The van der Waals surface area contributed by atoms with Crippen LogP contribution in [0.2, 0.25) is 0 Å². The summed E-state index contributed by atoms with van der Waals surface area (Å²) < 4.78 is 10.3. The van der Waals surface area contributed by atoms with Gasteiger partial charge in [-0.2, -0.15) is 0 Å². The SMILES string of the molecule is CCOC(=O)C1=C(C)NC(CO)=C(C(=O)OCC)C1c1ccc([N+](=O)[O-])cc1. The summed E-state index contributed by atoms with van der Waals surface area (Å²) in [5.41, 5.74) is 1.19. The number of non-ortho nitro benzene ring substituents is 1. The van der Waals surface area contributed by atoms with Gasteiger partial charge >= 0.3 is 11.9 Å². The molecule has 1 aromatic rings. The van der Waals surface area contributed by atoms with Gasteiger partial charge in [0.15, 0.2) is 0 Å². The van der Waals surface area contributed by atoms with Crippen LogP contribution in [-0.4, -0.2) is 41.8 Å². The van der Waals surface area contributed by atoms with Gasteiger partial charge in [-0.3, -0.25) is 10.1 Å². The number of nitrogens with one attached hydrogen (secondary N) is 1. The van der Waals surface area contributed by atoms with Crippen LogP contribution in [0.1, 0.15) is 32.3 Å². The number of carbonyl (C=O) groups is 2. The molecule has 0 aliphatic carbocycles. The number of hydrogen-bond acceptors (Lipinski definition) is 8. The molecule has 28 heavy (non-hydrogen) atoms. The Labute approximate surface area is 161 Å². The number of carbonyl (C=O) groups excluding carboxylic acids is 2. The number of benzene rings is 1. The van der Waals surface area contributed by atoms with Crippen LogP contribution in [0.25, 0.3) is 0 Å². The number of dihydropyridines is 1. The Hall–Kier alpha value is -3.20. The van der Waals surface area contributed by atoms with Crippen molar-refractivity contribution >= 4 is 17.6 Å². The van der Waals surface area contributed by atoms with Gasteiger partial charge in [0.05, 0.1) is 47.5 Å². The van der Waals surface area contributed by atoms with E-state index in [9.17, 15) is 24.8 Å². The zero-order valence-corrected chi connectivity index (χ0v) is 15.9. The molecule has 0 saturated heterocycles. The second-order valence-electron chi connectivity index (χ2n) is 5.94. The van der Waals surface area contributed by atoms with E-state index in [1.165, 1.54) is 24.3 Å². The van der Waals surface area contributed by atoms with Crippen molar-refractivity contribution in [3.05, 3.63) is 62.5 Å². The Morgan fingerprint density at radius 2 is 1.64 bits per heavy atom. The molecule has 1 aliphatic rings. The molecule has 0 bridgehead atoms. The van der Waals surface area contributed by atoms with E-state index in [1.54, 1.807) is 20.8 Å². The molecule has 1 unspecified atom stereocenters. The van der Waals surface area contributed by atoms with Gasteiger partial charge in [0.25, 0.3) is 5.69 Å². The van der Waals surface area contributed by atoms with Crippen LogP contribution in [0.3, 0.4) is 0 Å². The van der Waals surface area contributed by atoms with E-state index in [-0.39, 0.29) is 35.7 Å². The summed E-state index contributed by atoms with van der Waals surface area (Å²) in [6, 6.07) is 5.51. The summed E-state index contributed by atoms with van der Waals surface area (Å²) in [4.78, 5) is 35.7. The normalized spacial score (nSPS) is 16.5. The first-order valence-electron chi connectivity index (χ1n) is 8.75. The largest absolute Gasteiger partial charge is 0.463 e. The Morgan fingerprint density at radius 1 is 1.11 bits per heavy atom. The molecule has 0 spiro atoms. The van der Waals surface area contributed by atoms with Crippen molar-refractivity contribution in [1.29, 1.82) is 0 Å². The lowest BCUT2D eigenvalue weighted by Crippen LogP contribution is -2.34. The number of ether oxygens (including phenoxy) is 2. The molecule has 9 heteroatoms. The van der Waals surface area contributed by atoms with Gasteiger partial charge in [0, 0.05) is 17.8 Å². The zero-order valence-electron chi connectivity index (χ0n) is 15.9. The van der Waals surface area contributed by atoms with E-state index in [4.69, 9.17) is 9.47 Å². The first-order valence-corrected chi connectivity index (χ1v) is 8.75. The fourth-order valence-corrected chi connectivity index (χ4v) is 3.07. The van der Waals surface area contributed by atoms with Crippen molar-refractivity contribution in [2.45, 2.75) is 26.7 Å². The van der Waals surface area contributed by atoms with E-state index in [0.29, 0.717) is 11.3 Å². The Balaban J connectivity index is 2.67. The van der Waals surface area contributed by atoms with Crippen LogP contribution >= 0.6 is 0 Å². The average molecular weight is 390 g/mol. The second kappa shape index (κ2) is 9.14. The Kier molecular flexibility index (Phi) is 6.89. The molecule has 0 radical (unpaired) electrons. The smallest absolute Gasteiger partial charge is 0.336 e. The highest BCUT2D eigenvalue weighted by molar-refractivity contribution is 6.00. The van der Waals surface area contributed by atoms with Crippen molar-refractivity contribution < 1.29 is 29.1 Å². The van der Waals surface area contributed by atoms with Gasteiger partial charge in [-0.15, -0.1) is 0 Å². The summed E-state index contributed by atoms with van der Waals surface area (Å²) in [7, 11) is 0. The lowest BCUT2D eigenvalue weighted by atomic mass is 9.80. The molecule has 1 heterocycles. The van der Waals surface area contributed by atoms with Gasteiger partial charge in [0.2, 0.25) is 0 Å². The van der Waals surface area contributed by atoms with Crippen molar-refractivity contribution in [2.75, 3.05) is 19.8 Å². The third-order valence-electron chi connectivity index (χ3n) is 4.23. The van der Waals surface area contributed by atoms with E-state index < -0.39 is 29.4 Å². The first-order chi connectivity index (χ1) is 13.3. The van der Waals surface area contributed by atoms with E-state index in [0.717, 1.165) is 0 Å². The number of allylic oxidation sites excluding steroid dienone is 1. The predicted molar refractivity (Wildman–Crippen MR) is 99.1 cm³/mol. The molecule has 2 N–H and O–H groups in total. The molecule has 0 fully saturated rings. The van der Waals surface area contributed by atoms with Crippen molar-refractivity contribution in [3.63, 3.8) is 0 Å². The molecule has 0 amide bonds. The molecule has 1 atom stereocenters. The standard InChI is InChI=1S/C19H22N2O7/c1-4-27-18(23)15-11(3)20-14(10-22)17(19(24)28-5-2)16(15)12-6-8-13(9-7-12)21(25)26/h6-9,16,20,22H,4-5,10H2,1-3H3. The Bertz CT molecular complexity index is 840. The average Bonchev–Trinajstić information content (AvgIpc) is 2.67. The highest BCUT2D eigenvalue weighted by Crippen LogP contribution is 2.39. The maximum Gasteiger partial charge on any atom is 0.336 e. The van der Waals surface area contributed by atoms with Gasteiger partial charge < -0.3 is 19.9 Å². The fraction of sp³-hybridized carbons (Fsp3) is 0.368. The zero-order chi connectivity index (χ0) is 20.8. The summed E-state index contributed by atoms with van der Waals surface area (Å²) in [6.07, 6.45) is 0. The first kappa shape index (κ1) is 21.1. The van der Waals surface area contributed by atoms with E-state index in [2.05, 4.69) is 5.32 Å². The summed E-state index contributed by atoms with van der Waals surface area (Å²) in [6.45, 7) is 4.68. The molecule has 9 nitrogen and oxygen atoms in total. The number of hydrogen-bond donors (Lipinski definition) is 2. The highest BCUT2D eigenvalue weighted by atomic mass is 16.6. The maximum absolute atomic E-state index is 12.6. The lowest BCUT2D eigenvalue weighted by Gasteiger charge is -2.30. The fourth-order valence-electron chi connectivity index (χ4n) is 3.07. The van der Waals surface area contributed by atoms with Gasteiger partial charge in [0.1, 0.15) is 0 Å². The highest BCUT2D eigenvalue weighted by Gasteiger charge is 2.38. The van der Waals surface area contributed by atoms with Crippen LogP contribution in [0.4, 0.5) is 5.69 Å². The number of nitrogens with zero attached hydrogens (tertiary/aromatic N) is 1. The molecule has 0 saturated carbocycles. The summed E-state index contributed by atoms with van der Waals surface area (Å²) >= 11 is 0. The molecule has 0 aromatic heterocycles. The van der Waals surface area contributed by atoms with Crippen molar-refractivity contribution in [3.8, 4) is 0 Å². The van der Waals surface area contributed by atoms with Crippen LogP contribution in [0.15, 0.2) is 46.8 Å². The van der Waals surface area contributed by atoms with Crippen molar-refractivity contribution in [2.24, 2.45) is 0 Å². The third-order valence-corrected chi connectivity index (χ3v) is 4.23. The Morgan fingerprint density at radius 3 is 2.11 bits per heavy atom. The lowest BCUT2D eigenvalue weighted by molar-refractivity contribution is -0.384. The van der Waals surface area contributed by atoms with Gasteiger partial charge in [-0.05, 0) is 26.3 Å². The number of esters is 2. The molecule has 1 aromatic carbocycles. The van der Waals surface area contributed by atoms with Crippen LogP contribution in [0, 0.1) is 10.1 Å². The topological polar surface area (TPSA) is 128 Å². The minimum atomic E-state index is -0.901. The van der Waals surface area contributed by atoms with Crippen LogP contribution in [0.5, 0.6) is 0 Å². The van der Waals surface area contributed by atoms with E-state index >= 15 is 0 Å². The maximum atomic E-state index is 12.6. The quantitative estimate of drug-likeness (QED) is 0.411. The number of aliphatic hydroxyl groups excluding tert-OH is 1. The monoisotopic (exact) mass is 390 g/mol. The van der Waals surface area contributed by atoms with E-state index in [1.807, 2.05) is 0 Å². The van der Waals surface area contributed by atoms with Crippen molar-refractivity contribution in [1.82, 2.24) is 5.32 Å². The molecular weight excluding hydrogens is 368 g/mol. The minimum Gasteiger partial charge on any atom is -0.463 e. The minimum absolute atomic E-state index is 0.0619. The number of rotatable bonds is 7. The molecular formula is C19H22N2O7. The van der Waals surface area contributed by atoms with Crippen LogP contribution in [-0.2, 0) is 19.1 Å². The van der Waals surface area contributed by atoms with Gasteiger partial charge in [-0.25, -0.2) is 9.59 Å². The number of aliphatic hydroxyl groups is 1. The van der Waals surface area contributed by atoms with Gasteiger partial charge in [-0.1, -0.05) is 12.1 Å². The second-order valence-corrected chi connectivity index (χ2v) is 5.94. The molecule has 150 valence electrons. The summed E-state index contributed by atoms with van der Waals surface area (Å²) in [5, 5.41) is 23.6. The summed E-state index contributed by atoms with van der Waals surface area (Å²) in [5.74, 6) is -2.23. The third kappa shape index (κ3) is 4.20. The predicted octanol–water partition coefficient (Wildman–Crippen LogP) is 1.93. The molecule has 1 aliphatic heterocycles. The molecule has 2 rings (SSSR count). The van der Waals surface area contributed by atoms with Crippen LogP contribution < -0.4 is 5.32 Å². The number of nitro groups is 1.